The predicted octanol–water partition coefficient (Wildman–Crippen LogP) is 1.14. The predicted molar refractivity (Wildman–Crippen MR) is 75.6 cm³/mol. The highest BCUT2D eigenvalue weighted by molar-refractivity contribution is 6.33. The van der Waals surface area contributed by atoms with Gasteiger partial charge in [0.05, 0.1) is 17.8 Å². The fourth-order valence-electron chi connectivity index (χ4n) is 2.17. The van der Waals surface area contributed by atoms with Crippen LogP contribution in [0.25, 0.3) is 0 Å². The van der Waals surface area contributed by atoms with Gasteiger partial charge in [0.2, 0.25) is 0 Å². The number of carbonyl (C=O) groups is 1. The van der Waals surface area contributed by atoms with Crippen molar-refractivity contribution < 1.29 is 4.79 Å². The van der Waals surface area contributed by atoms with Crippen LogP contribution in [-0.4, -0.2) is 54.2 Å². The molecule has 1 aromatic rings. The Morgan fingerprint density at radius 1 is 1.63 bits per heavy atom. The van der Waals surface area contributed by atoms with Crippen molar-refractivity contribution in [3.8, 4) is 0 Å². The number of nitrogens with one attached hydrogen (secondary N) is 1. The van der Waals surface area contributed by atoms with Crippen LogP contribution in [0.2, 0.25) is 5.02 Å². The molecule has 1 fully saturated rings. The minimum atomic E-state index is -0.00597. The van der Waals surface area contributed by atoms with Gasteiger partial charge in [-0.25, -0.2) is 0 Å². The van der Waals surface area contributed by atoms with Gasteiger partial charge < -0.3 is 10.2 Å². The second kappa shape index (κ2) is 6.03. The number of rotatable bonds is 6. The summed E-state index contributed by atoms with van der Waals surface area (Å²) in [6.45, 7) is 5.31. The molecule has 5 nitrogen and oxygen atoms in total. The summed E-state index contributed by atoms with van der Waals surface area (Å²) >= 11 is 6.13. The lowest BCUT2D eigenvalue weighted by molar-refractivity contribution is 0.0842. The van der Waals surface area contributed by atoms with E-state index in [0.717, 1.165) is 19.6 Å². The van der Waals surface area contributed by atoms with Gasteiger partial charge >= 0.3 is 0 Å². The highest BCUT2D eigenvalue weighted by Crippen LogP contribution is 2.24. The van der Waals surface area contributed by atoms with Crippen molar-refractivity contribution in [3.63, 3.8) is 0 Å². The Morgan fingerprint density at radius 3 is 2.84 bits per heavy atom. The zero-order chi connectivity index (χ0) is 14.0. The Labute approximate surface area is 118 Å². The highest BCUT2D eigenvalue weighted by Gasteiger charge is 2.32. The number of hydrogen-bond acceptors (Lipinski definition) is 4. The second-order valence-electron chi connectivity index (χ2n) is 5.44. The Morgan fingerprint density at radius 2 is 2.32 bits per heavy atom. The number of Topliss-reactive ketones (excluding diaryl/α,β-unsaturated/α-hetero) is 1. The molecule has 0 aromatic carbocycles. The van der Waals surface area contributed by atoms with E-state index in [1.807, 2.05) is 21.0 Å². The summed E-state index contributed by atoms with van der Waals surface area (Å²) in [5, 5.41) is 7.87. The normalized spacial score (nSPS) is 17.5. The summed E-state index contributed by atoms with van der Waals surface area (Å²) in [5.41, 5.74) is 0.558. The molecular formula is C13H21ClN4O. The monoisotopic (exact) mass is 284 g/mol. The van der Waals surface area contributed by atoms with Crippen LogP contribution < -0.4 is 5.32 Å². The summed E-state index contributed by atoms with van der Waals surface area (Å²) < 4.78 is 1.73. The number of nitrogens with zero attached hydrogens (tertiary/aromatic N) is 3. The van der Waals surface area contributed by atoms with Gasteiger partial charge in [-0.3, -0.25) is 9.48 Å². The van der Waals surface area contributed by atoms with Crippen LogP contribution in [0.3, 0.4) is 0 Å². The third-order valence-electron chi connectivity index (χ3n) is 3.72. The molecule has 1 aromatic heterocycles. The van der Waals surface area contributed by atoms with Crippen molar-refractivity contribution in [2.45, 2.75) is 13.5 Å². The van der Waals surface area contributed by atoms with E-state index >= 15 is 0 Å². The molecule has 1 saturated heterocycles. The molecule has 19 heavy (non-hydrogen) atoms. The Kier molecular flexibility index (Phi) is 4.60. The van der Waals surface area contributed by atoms with Crippen molar-refractivity contribution >= 4 is 17.4 Å². The van der Waals surface area contributed by atoms with Gasteiger partial charge in [0.15, 0.2) is 5.78 Å². The quantitative estimate of drug-likeness (QED) is 0.796. The van der Waals surface area contributed by atoms with Crippen molar-refractivity contribution in [3.05, 3.63) is 16.9 Å². The molecule has 0 aliphatic carbocycles. The Balaban J connectivity index is 2.13. The maximum Gasteiger partial charge on any atom is 0.185 e. The van der Waals surface area contributed by atoms with Crippen LogP contribution >= 0.6 is 11.6 Å². The Hall–Kier alpha value is -0.910. The average molecular weight is 285 g/mol. The molecule has 106 valence electrons. The molecule has 1 aliphatic rings. The summed E-state index contributed by atoms with van der Waals surface area (Å²) in [6.07, 6.45) is 1.57. The van der Waals surface area contributed by atoms with E-state index < -0.39 is 0 Å². The molecular weight excluding hydrogens is 264 g/mol. The number of aromatic nitrogens is 2. The van der Waals surface area contributed by atoms with E-state index in [2.05, 4.69) is 15.3 Å². The molecule has 0 spiro atoms. The smallest absolute Gasteiger partial charge is 0.185 e. The molecule has 1 atom stereocenters. The topological polar surface area (TPSA) is 50.2 Å². The third kappa shape index (κ3) is 3.16. The van der Waals surface area contributed by atoms with Crippen molar-refractivity contribution in [1.29, 1.82) is 0 Å². The number of ketones is 1. The van der Waals surface area contributed by atoms with Gasteiger partial charge in [-0.2, -0.15) is 5.10 Å². The Bertz CT molecular complexity index is 453. The van der Waals surface area contributed by atoms with Gasteiger partial charge in [0.1, 0.15) is 5.69 Å². The molecule has 0 amide bonds. The number of likely N-dealkylation sites (N-methyl/N-ethyl adjacent to an activating group) is 1. The zero-order valence-electron chi connectivity index (χ0n) is 11.7. The first-order valence-electron chi connectivity index (χ1n) is 6.61. The van der Waals surface area contributed by atoms with E-state index in [4.69, 9.17) is 11.6 Å². The van der Waals surface area contributed by atoms with E-state index in [0.29, 0.717) is 23.2 Å². The molecule has 1 unspecified atom stereocenters. The first-order chi connectivity index (χ1) is 9.00. The van der Waals surface area contributed by atoms with Crippen LogP contribution in [-0.2, 0) is 6.54 Å². The molecule has 2 heterocycles. The maximum atomic E-state index is 12.5. The van der Waals surface area contributed by atoms with E-state index in [-0.39, 0.29) is 11.7 Å². The molecule has 2 rings (SSSR count). The molecule has 1 aliphatic heterocycles. The first kappa shape index (κ1) is 14.5. The summed E-state index contributed by atoms with van der Waals surface area (Å²) in [6, 6.07) is 0. The van der Waals surface area contributed by atoms with Gasteiger partial charge in [0, 0.05) is 12.5 Å². The lowest BCUT2D eigenvalue weighted by atomic mass is 9.85. The first-order valence-corrected chi connectivity index (χ1v) is 6.99. The van der Waals surface area contributed by atoms with E-state index in [1.165, 1.54) is 0 Å². The van der Waals surface area contributed by atoms with Crippen molar-refractivity contribution in [1.82, 2.24) is 20.0 Å². The fourth-order valence-corrected chi connectivity index (χ4v) is 2.40. The van der Waals surface area contributed by atoms with Gasteiger partial charge in [0.25, 0.3) is 0 Å². The van der Waals surface area contributed by atoms with Crippen molar-refractivity contribution in [2.75, 3.05) is 33.7 Å². The summed E-state index contributed by atoms with van der Waals surface area (Å²) in [4.78, 5) is 14.6. The number of halogens is 1. The number of hydrogen-bond donors (Lipinski definition) is 1. The highest BCUT2D eigenvalue weighted by atomic mass is 35.5. The molecule has 6 heteroatoms. The van der Waals surface area contributed by atoms with Crippen LogP contribution in [0.1, 0.15) is 17.4 Å². The van der Waals surface area contributed by atoms with Gasteiger partial charge in [-0.05, 0) is 33.1 Å². The lowest BCUT2D eigenvalue weighted by Crippen LogP contribution is -2.47. The molecule has 0 bridgehead atoms. The summed E-state index contributed by atoms with van der Waals surface area (Å²) in [7, 11) is 3.99. The second-order valence-corrected chi connectivity index (χ2v) is 5.85. The number of carbonyl (C=O) groups excluding carboxylic acids is 1. The van der Waals surface area contributed by atoms with Crippen LogP contribution in [0.4, 0.5) is 0 Å². The van der Waals surface area contributed by atoms with Crippen molar-refractivity contribution in [2.24, 2.45) is 11.8 Å². The third-order valence-corrected chi connectivity index (χ3v) is 4.00. The van der Waals surface area contributed by atoms with Crippen LogP contribution in [0, 0.1) is 11.8 Å². The maximum absolute atomic E-state index is 12.5. The largest absolute Gasteiger partial charge is 0.316 e. The van der Waals surface area contributed by atoms with Crippen LogP contribution in [0.5, 0.6) is 0 Å². The minimum absolute atomic E-state index is 0.00597. The summed E-state index contributed by atoms with van der Waals surface area (Å²) in [5.74, 6) is 0.516. The fraction of sp³-hybridized carbons (Fsp3) is 0.692. The SMILES string of the molecule is CC(C(=O)c1c(Cl)cnn1CCN(C)C)C1CNC1. The van der Waals surface area contributed by atoms with Crippen LogP contribution in [0.15, 0.2) is 6.20 Å². The molecule has 0 saturated carbocycles. The average Bonchev–Trinajstić information content (AvgIpc) is 2.64. The lowest BCUT2D eigenvalue weighted by Gasteiger charge is -2.31. The van der Waals surface area contributed by atoms with Gasteiger partial charge in [-0.1, -0.05) is 18.5 Å². The van der Waals surface area contributed by atoms with E-state index in [1.54, 1.807) is 10.9 Å². The van der Waals surface area contributed by atoms with Gasteiger partial charge in [-0.15, -0.1) is 0 Å². The zero-order valence-corrected chi connectivity index (χ0v) is 12.4. The minimum Gasteiger partial charge on any atom is -0.316 e. The molecule has 1 N–H and O–H groups in total. The van der Waals surface area contributed by atoms with E-state index in [9.17, 15) is 4.79 Å². The molecule has 0 radical (unpaired) electrons. The standard InChI is InChI=1S/C13H21ClN4O/c1-9(10-6-15-7-10)13(19)12-11(14)8-16-18(12)5-4-17(2)3/h8-10,15H,4-7H2,1-3H3.